The van der Waals surface area contributed by atoms with Crippen LogP contribution in [-0.4, -0.2) is 25.2 Å². The fourth-order valence-corrected chi connectivity index (χ4v) is 6.54. The molecule has 0 radical (unpaired) electrons. The highest BCUT2D eigenvalue weighted by Crippen LogP contribution is 2.41. The average molecular weight is 414 g/mol. The summed E-state index contributed by atoms with van der Waals surface area (Å²) in [6, 6.07) is 15.5. The van der Waals surface area contributed by atoms with Crippen LogP contribution in [0.25, 0.3) is 0 Å². The van der Waals surface area contributed by atoms with E-state index < -0.39 is 20.5 Å². The lowest BCUT2D eigenvalue weighted by Gasteiger charge is -2.27. The predicted octanol–water partition coefficient (Wildman–Crippen LogP) is 4.73. The molecule has 2 aromatic rings. The molecule has 4 rings (SSSR count). The van der Waals surface area contributed by atoms with E-state index in [0.29, 0.717) is 18.5 Å². The van der Waals surface area contributed by atoms with Gasteiger partial charge in [0.05, 0.1) is 11.0 Å². The summed E-state index contributed by atoms with van der Waals surface area (Å²) in [5.74, 6) is 0.339. The van der Waals surface area contributed by atoms with Crippen molar-refractivity contribution in [1.82, 2.24) is 0 Å². The van der Waals surface area contributed by atoms with Crippen LogP contribution >= 0.6 is 0 Å². The number of sulfone groups is 1. The third kappa shape index (κ3) is 3.90. The molecule has 0 aromatic heterocycles. The van der Waals surface area contributed by atoms with E-state index in [-0.39, 0.29) is 11.0 Å². The van der Waals surface area contributed by atoms with Gasteiger partial charge in [-0.25, -0.2) is 8.42 Å². The van der Waals surface area contributed by atoms with E-state index in [1.807, 2.05) is 12.1 Å². The molecule has 0 bridgehead atoms. The zero-order valence-electron chi connectivity index (χ0n) is 16.5. The Morgan fingerprint density at radius 1 is 0.897 bits per heavy atom. The molecule has 1 N–H and O–H groups in total. The van der Waals surface area contributed by atoms with Gasteiger partial charge in [-0.1, -0.05) is 31.0 Å². The Labute approximate surface area is 172 Å². The van der Waals surface area contributed by atoms with Gasteiger partial charge in [-0.3, -0.25) is 4.79 Å². The van der Waals surface area contributed by atoms with E-state index in [1.54, 1.807) is 42.5 Å². The molecule has 2 aromatic carbocycles. The summed E-state index contributed by atoms with van der Waals surface area (Å²) in [4.78, 5) is 13.4. The molecule has 29 heavy (non-hydrogen) atoms. The Balaban J connectivity index is 1.52. The fourth-order valence-electron chi connectivity index (χ4n) is 4.45. The maximum absolute atomic E-state index is 13.4. The lowest BCUT2D eigenvalue weighted by atomic mass is 10.1. The lowest BCUT2D eigenvalue weighted by molar-refractivity contribution is -0.118. The molecule has 2 fully saturated rings. The van der Waals surface area contributed by atoms with Gasteiger partial charge in [0, 0.05) is 5.69 Å². The number of benzene rings is 2. The molecule has 0 heterocycles. The van der Waals surface area contributed by atoms with Crippen LogP contribution in [-0.2, 0) is 14.6 Å². The second kappa shape index (κ2) is 8.19. The molecular formula is C23H27NO4S. The summed E-state index contributed by atoms with van der Waals surface area (Å²) in [5, 5.41) is 2.85. The van der Waals surface area contributed by atoms with Gasteiger partial charge in [-0.15, -0.1) is 0 Å². The quantitative estimate of drug-likeness (QED) is 0.743. The third-order valence-electron chi connectivity index (χ3n) is 6.11. The minimum atomic E-state index is -3.78. The Bertz CT molecular complexity index is 942. The van der Waals surface area contributed by atoms with Crippen molar-refractivity contribution in [1.29, 1.82) is 0 Å². The van der Waals surface area contributed by atoms with Gasteiger partial charge in [-0.2, -0.15) is 0 Å². The topological polar surface area (TPSA) is 72.5 Å². The van der Waals surface area contributed by atoms with Gasteiger partial charge in [-0.05, 0) is 74.9 Å². The van der Waals surface area contributed by atoms with Gasteiger partial charge >= 0.3 is 0 Å². The third-order valence-corrected chi connectivity index (χ3v) is 8.63. The van der Waals surface area contributed by atoms with Crippen LogP contribution in [0, 0.1) is 0 Å². The SMILES string of the molecule is O=C(Nc1ccc(OC2CCCC2)cc1)C1(S(=O)(=O)c2ccccc2)CCCC1. The number of anilines is 1. The number of ether oxygens (including phenoxy) is 1. The monoisotopic (exact) mass is 413 g/mol. The molecule has 2 aliphatic rings. The molecular weight excluding hydrogens is 386 g/mol. The Morgan fingerprint density at radius 2 is 1.52 bits per heavy atom. The number of nitrogens with one attached hydrogen (secondary N) is 1. The number of hydrogen-bond donors (Lipinski definition) is 1. The van der Waals surface area contributed by atoms with Crippen LogP contribution in [0.5, 0.6) is 5.75 Å². The maximum Gasteiger partial charge on any atom is 0.246 e. The summed E-state index contributed by atoms with van der Waals surface area (Å²) in [6.45, 7) is 0. The largest absolute Gasteiger partial charge is 0.490 e. The first-order valence-corrected chi connectivity index (χ1v) is 11.9. The van der Waals surface area contributed by atoms with Crippen LogP contribution in [0.15, 0.2) is 59.5 Å². The molecule has 0 saturated heterocycles. The Morgan fingerprint density at radius 3 is 2.14 bits per heavy atom. The standard InChI is InChI=1S/C23H27NO4S/c25-22(24-18-12-14-20(15-13-18)28-19-8-4-5-9-19)23(16-6-7-17-23)29(26,27)21-10-2-1-3-11-21/h1-3,10-15,19H,4-9,16-17H2,(H,24,25). The van der Waals surface area contributed by atoms with E-state index >= 15 is 0 Å². The van der Waals surface area contributed by atoms with Gasteiger partial charge in [0.2, 0.25) is 5.91 Å². The first kappa shape index (κ1) is 20.0. The molecule has 2 saturated carbocycles. The molecule has 0 unspecified atom stereocenters. The summed E-state index contributed by atoms with van der Waals surface area (Å²) in [6.07, 6.45) is 7.00. The van der Waals surface area contributed by atoms with Gasteiger partial charge in [0.15, 0.2) is 14.6 Å². The minimum absolute atomic E-state index is 0.206. The van der Waals surface area contributed by atoms with Gasteiger partial charge < -0.3 is 10.1 Å². The number of hydrogen-bond acceptors (Lipinski definition) is 4. The molecule has 154 valence electrons. The lowest BCUT2D eigenvalue weighted by Crippen LogP contribution is -2.47. The highest BCUT2D eigenvalue weighted by molar-refractivity contribution is 7.93. The van der Waals surface area contributed by atoms with E-state index in [1.165, 1.54) is 12.8 Å². The van der Waals surface area contributed by atoms with Crippen molar-refractivity contribution in [2.75, 3.05) is 5.32 Å². The summed E-state index contributed by atoms with van der Waals surface area (Å²) >= 11 is 0. The number of amides is 1. The van der Waals surface area contributed by atoms with Gasteiger partial charge in [0.25, 0.3) is 0 Å². The second-order valence-electron chi connectivity index (χ2n) is 8.02. The zero-order chi connectivity index (χ0) is 20.3. The molecule has 6 heteroatoms. The van der Waals surface area contributed by atoms with Crippen LogP contribution in [0.3, 0.4) is 0 Å². The van der Waals surface area contributed by atoms with Crippen molar-refractivity contribution in [2.24, 2.45) is 0 Å². The second-order valence-corrected chi connectivity index (χ2v) is 10.3. The van der Waals surface area contributed by atoms with Crippen molar-refractivity contribution in [3.8, 4) is 5.75 Å². The molecule has 0 spiro atoms. The maximum atomic E-state index is 13.4. The molecule has 0 atom stereocenters. The van der Waals surface area contributed by atoms with Crippen molar-refractivity contribution in [3.05, 3.63) is 54.6 Å². The number of rotatable bonds is 6. The van der Waals surface area contributed by atoms with E-state index in [0.717, 1.165) is 31.4 Å². The van der Waals surface area contributed by atoms with Crippen LogP contribution in [0.2, 0.25) is 0 Å². The van der Waals surface area contributed by atoms with Crippen LogP contribution < -0.4 is 10.1 Å². The van der Waals surface area contributed by atoms with E-state index in [4.69, 9.17) is 4.74 Å². The van der Waals surface area contributed by atoms with Crippen molar-refractivity contribution in [3.63, 3.8) is 0 Å². The average Bonchev–Trinajstić information content (AvgIpc) is 3.43. The summed E-state index contributed by atoms with van der Waals surface area (Å²) in [5.41, 5.74) is 0.586. The van der Waals surface area contributed by atoms with Crippen molar-refractivity contribution in [2.45, 2.75) is 67.1 Å². The first-order chi connectivity index (χ1) is 14.0. The summed E-state index contributed by atoms with van der Waals surface area (Å²) in [7, 11) is -3.78. The smallest absolute Gasteiger partial charge is 0.246 e. The normalized spacial score (nSPS) is 19.2. The van der Waals surface area contributed by atoms with Crippen LogP contribution in [0.1, 0.15) is 51.4 Å². The highest BCUT2D eigenvalue weighted by Gasteiger charge is 2.52. The minimum Gasteiger partial charge on any atom is -0.490 e. The van der Waals surface area contributed by atoms with Crippen molar-refractivity contribution < 1.29 is 17.9 Å². The molecule has 5 nitrogen and oxygen atoms in total. The highest BCUT2D eigenvalue weighted by atomic mass is 32.2. The number of carbonyl (C=O) groups excluding carboxylic acids is 1. The zero-order valence-corrected chi connectivity index (χ0v) is 17.3. The molecule has 1 amide bonds. The van der Waals surface area contributed by atoms with Gasteiger partial charge in [0.1, 0.15) is 5.75 Å². The Kier molecular flexibility index (Phi) is 5.63. The van der Waals surface area contributed by atoms with Crippen LogP contribution in [0.4, 0.5) is 5.69 Å². The predicted molar refractivity (Wildman–Crippen MR) is 113 cm³/mol. The molecule has 2 aliphatic carbocycles. The first-order valence-electron chi connectivity index (χ1n) is 10.4. The fraction of sp³-hybridized carbons (Fsp3) is 0.435. The van der Waals surface area contributed by atoms with E-state index in [2.05, 4.69) is 5.32 Å². The number of carbonyl (C=O) groups is 1. The summed E-state index contributed by atoms with van der Waals surface area (Å²) < 4.78 is 31.3. The Hall–Kier alpha value is -2.34. The van der Waals surface area contributed by atoms with Crippen molar-refractivity contribution >= 4 is 21.4 Å². The van der Waals surface area contributed by atoms with E-state index in [9.17, 15) is 13.2 Å². The molecule has 0 aliphatic heterocycles.